The van der Waals surface area contributed by atoms with Gasteiger partial charge in [-0.05, 0) is 55.0 Å². The van der Waals surface area contributed by atoms with E-state index in [1.807, 2.05) is 54.6 Å². The molecule has 1 heterocycles. The molecule has 0 bridgehead atoms. The van der Waals surface area contributed by atoms with Crippen LogP contribution in [0.2, 0.25) is 0 Å². The summed E-state index contributed by atoms with van der Waals surface area (Å²) >= 11 is 0. The van der Waals surface area contributed by atoms with Gasteiger partial charge >= 0.3 is 11.8 Å². The fourth-order valence-corrected chi connectivity index (χ4v) is 3.45. The summed E-state index contributed by atoms with van der Waals surface area (Å²) in [6.45, 7) is 2.70. The van der Waals surface area contributed by atoms with Crippen LogP contribution in [0.3, 0.4) is 0 Å². The molecule has 0 aliphatic rings. The van der Waals surface area contributed by atoms with Crippen LogP contribution in [0.4, 0.5) is 5.69 Å². The lowest BCUT2D eigenvalue weighted by Gasteiger charge is -2.06. The third-order valence-electron chi connectivity index (χ3n) is 5.27. The molecule has 1 aromatic heterocycles. The van der Waals surface area contributed by atoms with Crippen molar-refractivity contribution in [2.45, 2.75) is 13.3 Å². The van der Waals surface area contributed by atoms with Crippen molar-refractivity contribution in [3.8, 4) is 28.4 Å². The van der Waals surface area contributed by atoms with Gasteiger partial charge in [-0.2, -0.15) is 10.2 Å². The normalized spacial score (nSPS) is 10.8. The Balaban J connectivity index is 1.51. The summed E-state index contributed by atoms with van der Waals surface area (Å²) in [5.41, 5.74) is 5.73. The lowest BCUT2D eigenvalue weighted by atomic mass is 10.1. The van der Waals surface area contributed by atoms with Crippen molar-refractivity contribution in [2.24, 2.45) is 5.10 Å². The highest BCUT2D eigenvalue weighted by Crippen LogP contribution is 2.25. The van der Waals surface area contributed by atoms with Crippen molar-refractivity contribution in [1.82, 2.24) is 15.2 Å². The Labute approximate surface area is 214 Å². The maximum absolute atomic E-state index is 12.3. The third kappa shape index (κ3) is 6.61. The summed E-state index contributed by atoms with van der Waals surface area (Å²) in [6.07, 6.45) is 4.19. The first kappa shape index (κ1) is 25.2. The topological polar surface area (TPSA) is 107 Å². The number of amides is 2. The van der Waals surface area contributed by atoms with Crippen LogP contribution in [0.5, 0.6) is 11.5 Å². The smallest absolute Gasteiger partial charge is 0.329 e. The Kier molecular flexibility index (Phi) is 8.28. The average Bonchev–Trinajstić information content (AvgIpc) is 3.36. The quantitative estimate of drug-likeness (QED) is 0.202. The fraction of sp³-hybridized carbons (Fsp3) is 0.143. The van der Waals surface area contributed by atoms with E-state index in [1.54, 1.807) is 35.1 Å². The number of carbonyl (C=O) groups is 2. The molecule has 188 valence electrons. The van der Waals surface area contributed by atoms with Crippen LogP contribution in [0.15, 0.2) is 90.2 Å². The highest BCUT2D eigenvalue weighted by atomic mass is 16.5. The first-order valence-corrected chi connectivity index (χ1v) is 11.7. The summed E-state index contributed by atoms with van der Waals surface area (Å²) in [5.74, 6) is -0.427. The first-order valence-electron chi connectivity index (χ1n) is 11.7. The van der Waals surface area contributed by atoms with Gasteiger partial charge in [-0.3, -0.25) is 9.59 Å². The standard InChI is InChI=1S/C28H27N5O4/c1-3-16-37-24-14-12-20(13-15-24)26-21(19-33(32-26)23-9-5-4-6-10-23)18-29-31-28(35)27(34)30-22-8-7-11-25(17-22)36-2/h4-15,17-19H,3,16H2,1-2H3,(H,30,34)(H,31,35)/b29-18-. The van der Waals surface area contributed by atoms with E-state index in [4.69, 9.17) is 14.6 Å². The van der Waals surface area contributed by atoms with Gasteiger partial charge in [0.2, 0.25) is 0 Å². The lowest BCUT2D eigenvalue weighted by molar-refractivity contribution is -0.136. The van der Waals surface area contributed by atoms with E-state index in [1.165, 1.54) is 13.3 Å². The summed E-state index contributed by atoms with van der Waals surface area (Å²) in [4.78, 5) is 24.6. The number of rotatable bonds is 9. The second-order valence-electron chi connectivity index (χ2n) is 7.97. The highest BCUT2D eigenvalue weighted by Gasteiger charge is 2.15. The SMILES string of the molecule is CCCOc1ccc(-c2nn(-c3ccccc3)cc2/C=N\NC(=O)C(=O)Nc2cccc(OC)c2)cc1. The Morgan fingerprint density at radius 1 is 0.973 bits per heavy atom. The van der Waals surface area contributed by atoms with Crippen molar-refractivity contribution in [3.63, 3.8) is 0 Å². The third-order valence-corrected chi connectivity index (χ3v) is 5.27. The lowest BCUT2D eigenvalue weighted by Crippen LogP contribution is -2.32. The van der Waals surface area contributed by atoms with E-state index >= 15 is 0 Å². The number of para-hydroxylation sites is 1. The Morgan fingerprint density at radius 2 is 1.76 bits per heavy atom. The summed E-state index contributed by atoms with van der Waals surface area (Å²) < 4.78 is 12.5. The molecular weight excluding hydrogens is 470 g/mol. The zero-order chi connectivity index (χ0) is 26.0. The number of hydrogen-bond donors (Lipinski definition) is 2. The van der Waals surface area contributed by atoms with Crippen molar-refractivity contribution in [3.05, 3.63) is 90.6 Å². The van der Waals surface area contributed by atoms with E-state index in [-0.39, 0.29) is 0 Å². The number of benzene rings is 3. The highest BCUT2D eigenvalue weighted by molar-refractivity contribution is 6.39. The second kappa shape index (κ2) is 12.2. The minimum atomic E-state index is -0.909. The van der Waals surface area contributed by atoms with Gasteiger partial charge in [0.25, 0.3) is 0 Å². The number of aromatic nitrogens is 2. The van der Waals surface area contributed by atoms with Crippen LogP contribution < -0.4 is 20.2 Å². The van der Waals surface area contributed by atoms with Gasteiger partial charge in [-0.15, -0.1) is 0 Å². The van der Waals surface area contributed by atoms with Crippen LogP contribution in [-0.4, -0.2) is 41.5 Å². The number of hydrazone groups is 1. The molecule has 9 nitrogen and oxygen atoms in total. The predicted molar refractivity (Wildman–Crippen MR) is 142 cm³/mol. The molecule has 2 N–H and O–H groups in total. The molecule has 0 fully saturated rings. The van der Waals surface area contributed by atoms with Gasteiger partial charge in [0.05, 0.1) is 25.6 Å². The Hall–Kier alpha value is -4.92. The molecule has 0 aliphatic heterocycles. The van der Waals surface area contributed by atoms with Crippen LogP contribution in [0, 0.1) is 0 Å². The van der Waals surface area contributed by atoms with Crippen molar-refractivity contribution < 1.29 is 19.1 Å². The molecule has 0 saturated carbocycles. The van der Waals surface area contributed by atoms with Crippen molar-refractivity contribution >= 4 is 23.7 Å². The number of anilines is 1. The summed E-state index contributed by atoms with van der Waals surface area (Å²) in [5, 5.41) is 11.2. The van der Waals surface area contributed by atoms with E-state index in [2.05, 4.69) is 22.8 Å². The zero-order valence-corrected chi connectivity index (χ0v) is 20.5. The molecule has 0 radical (unpaired) electrons. The van der Waals surface area contributed by atoms with E-state index in [9.17, 15) is 9.59 Å². The molecule has 0 unspecified atom stereocenters. The summed E-state index contributed by atoms with van der Waals surface area (Å²) in [6, 6.07) is 24.0. The Morgan fingerprint density at radius 3 is 2.49 bits per heavy atom. The number of carbonyl (C=O) groups excluding carboxylic acids is 2. The van der Waals surface area contributed by atoms with Gasteiger partial charge < -0.3 is 14.8 Å². The molecule has 9 heteroatoms. The minimum Gasteiger partial charge on any atom is -0.497 e. The van der Waals surface area contributed by atoms with Crippen LogP contribution >= 0.6 is 0 Å². The molecule has 3 aromatic carbocycles. The van der Waals surface area contributed by atoms with Gasteiger partial charge in [-0.1, -0.05) is 31.2 Å². The second-order valence-corrected chi connectivity index (χ2v) is 7.97. The molecule has 0 spiro atoms. The predicted octanol–water partition coefficient (Wildman–Crippen LogP) is 4.43. The summed E-state index contributed by atoms with van der Waals surface area (Å²) in [7, 11) is 1.52. The molecule has 37 heavy (non-hydrogen) atoms. The molecule has 4 aromatic rings. The minimum absolute atomic E-state index is 0.432. The van der Waals surface area contributed by atoms with E-state index in [0.717, 1.165) is 23.4 Å². The van der Waals surface area contributed by atoms with Crippen molar-refractivity contribution in [1.29, 1.82) is 0 Å². The number of nitrogens with zero attached hydrogens (tertiary/aromatic N) is 3. The number of ether oxygens (including phenoxy) is 2. The van der Waals surface area contributed by atoms with Gasteiger partial charge in [0, 0.05) is 29.1 Å². The van der Waals surface area contributed by atoms with Gasteiger partial charge in [-0.25, -0.2) is 10.1 Å². The Bertz CT molecular complexity index is 1380. The maximum atomic E-state index is 12.3. The largest absolute Gasteiger partial charge is 0.497 e. The van der Waals surface area contributed by atoms with E-state index < -0.39 is 11.8 Å². The number of methoxy groups -OCH3 is 1. The molecule has 0 aliphatic carbocycles. The fourth-order valence-electron chi connectivity index (χ4n) is 3.45. The maximum Gasteiger partial charge on any atom is 0.329 e. The molecule has 2 amide bonds. The van der Waals surface area contributed by atoms with Gasteiger partial charge in [0.15, 0.2) is 0 Å². The molecule has 0 atom stereocenters. The monoisotopic (exact) mass is 497 g/mol. The molecule has 0 saturated heterocycles. The van der Waals surface area contributed by atoms with E-state index in [0.29, 0.717) is 29.3 Å². The molecular formula is C28H27N5O4. The first-order chi connectivity index (χ1) is 18.1. The van der Waals surface area contributed by atoms with Crippen LogP contribution in [-0.2, 0) is 9.59 Å². The zero-order valence-electron chi connectivity index (χ0n) is 20.5. The number of hydrogen-bond acceptors (Lipinski definition) is 6. The molecule has 4 rings (SSSR count). The van der Waals surface area contributed by atoms with Gasteiger partial charge in [0.1, 0.15) is 17.2 Å². The van der Waals surface area contributed by atoms with Crippen LogP contribution in [0.25, 0.3) is 16.9 Å². The van der Waals surface area contributed by atoms with Crippen LogP contribution in [0.1, 0.15) is 18.9 Å². The number of nitrogens with one attached hydrogen (secondary N) is 2. The average molecular weight is 498 g/mol. The van der Waals surface area contributed by atoms with Crippen molar-refractivity contribution in [2.75, 3.05) is 19.0 Å².